The molecule has 0 aliphatic rings. The second kappa shape index (κ2) is 62.3. The lowest BCUT2D eigenvalue weighted by Crippen LogP contribution is -2.12. The van der Waals surface area contributed by atoms with E-state index in [1.54, 1.807) is 122 Å². The number of carboxylic acid groups (broad SMARTS) is 11. The Balaban J connectivity index is 0.000000327. The first kappa shape index (κ1) is 116. The van der Waals surface area contributed by atoms with Crippen LogP contribution in [0.5, 0.6) is 23.0 Å². The van der Waals surface area contributed by atoms with Gasteiger partial charge in [0.2, 0.25) is 5.82 Å². The zero-order chi connectivity index (χ0) is 105. The summed E-state index contributed by atoms with van der Waals surface area (Å²) in [7, 11) is 1.56. The molecule has 0 aromatic heterocycles. The maximum Gasteiger partial charge on any atom is 0.339 e. The van der Waals surface area contributed by atoms with Crippen molar-refractivity contribution in [2.75, 3.05) is 24.8 Å². The summed E-state index contributed by atoms with van der Waals surface area (Å²) in [6.07, 6.45) is -1.70. The van der Waals surface area contributed by atoms with Gasteiger partial charge in [0.15, 0.2) is 23.3 Å². The summed E-state index contributed by atoms with van der Waals surface area (Å²) in [4.78, 5) is 115. The van der Waals surface area contributed by atoms with Crippen molar-refractivity contribution in [3.63, 3.8) is 0 Å². The molecule has 14 aromatic rings. The zero-order valence-electron chi connectivity index (χ0n) is 75.8. The van der Waals surface area contributed by atoms with Crippen LogP contribution >= 0.6 is 0 Å². The predicted molar refractivity (Wildman–Crippen MR) is 512 cm³/mol. The smallest absolute Gasteiger partial charge is 0.339 e. The molecule has 0 spiro atoms. The quantitative estimate of drug-likeness (QED) is 0.0104. The molecule has 0 saturated carbocycles. The maximum absolute atomic E-state index is 12.8. The first-order valence-corrected chi connectivity index (χ1v) is 41.9. The van der Waals surface area contributed by atoms with Crippen molar-refractivity contribution in [2.24, 2.45) is 0 Å². The average Bonchev–Trinajstić information content (AvgIpc) is 0.795. The highest BCUT2D eigenvalue weighted by molar-refractivity contribution is 5.95. The molecular weight excluding hydrogens is 1860 g/mol. The number of nitrogens with one attached hydrogen (secondary N) is 1. The normalized spacial score (nSPS) is 9.77. The molecule has 740 valence electrons. The largest absolute Gasteiger partial charge is 0.508 e. The highest BCUT2D eigenvalue weighted by atomic mass is 19.2. The van der Waals surface area contributed by atoms with Crippen molar-refractivity contribution < 1.29 is 159 Å². The fourth-order valence-electron chi connectivity index (χ4n) is 12.0. The van der Waals surface area contributed by atoms with Gasteiger partial charge in [0, 0.05) is 22.5 Å². The number of carbonyl (C=O) groups is 11. The lowest BCUT2D eigenvalue weighted by molar-refractivity contribution is -0.138. The van der Waals surface area contributed by atoms with Crippen molar-refractivity contribution in [1.82, 2.24) is 0 Å². The zero-order valence-corrected chi connectivity index (χ0v) is 75.8. The van der Waals surface area contributed by atoms with Gasteiger partial charge in [-0.3, -0.25) is 38.4 Å². The number of nitrogens with two attached hydrogens (primary N) is 1. The molecule has 0 amide bonds. The molecule has 0 atom stereocenters. The van der Waals surface area contributed by atoms with E-state index < -0.39 is 136 Å². The third kappa shape index (κ3) is 43.5. The number of aromatic hydroxyl groups is 2. The van der Waals surface area contributed by atoms with Crippen LogP contribution in [0.25, 0.3) is 11.1 Å². The van der Waals surface area contributed by atoms with Gasteiger partial charge in [0.05, 0.1) is 69.9 Å². The van der Waals surface area contributed by atoms with Gasteiger partial charge in [0.25, 0.3) is 0 Å². The Morgan fingerprint density at radius 2 is 0.725 bits per heavy atom. The van der Waals surface area contributed by atoms with Crippen LogP contribution < -0.4 is 20.5 Å². The van der Waals surface area contributed by atoms with Crippen LogP contribution in [0, 0.1) is 47.6 Å². The van der Waals surface area contributed by atoms with E-state index in [-0.39, 0.29) is 60.3 Å². The predicted octanol–water partition coefficient (Wildman–Crippen LogP) is 20.3. The van der Waals surface area contributed by atoms with Gasteiger partial charge in [-0.25, -0.2) is 45.1 Å². The lowest BCUT2D eigenvalue weighted by Gasteiger charge is -2.12. The number of methoxy groups -OCH3 is 1. The fourth-order valence-corrected chi connectivity index (χ4v) is 12.0. The van der Waals surface area contributed by atoms with Gasteiger partial charge in [-0.05, 0) is 167 Å². The monoisotopic (exact) mass is 1960 g/mol. The number of aromatic carboxylic acids is 3. The van der Waals surface area contributed by atoms with Gasteiger partial charge in [-0.2, -0.15) is 0 Å². The Labute approximate surface area is 808 Å². The maximum atomic E-state index is 12.8. The summed E-state index contributed by atoms with van der Waals surface area (Å²) in [5.41, 5.74) is 14.7. The summed E-state index contributed by atoms with van der Waals surface area (Å²) >= 11 is 0. The number of halogens is 7. The summed E-state index contributed by atoms with van der Waals surface area (Å²) in [6, 6.07) is 95.6. The number of benzene rings is 14. The van der Waals surface area contributed by atoms with E-state index in [1.165, 1.54) is 36.4 Å². The number of anilines is 3. The summed E-state index contributed by atoms with van der Waals surface area (Å²) < 4.78 is 98.5. The number of aryl methyl sites for hydroxylation is 1. The third-order valence-electron chi connectivity index (χ3n) is 18.4. The average molecular weight is 1960 g/mol. The van der Waals surface area contributed by atoms with E-state index in [0.717, 1.165) is 67.9 Å². The van der Waals surface area contributed by atoms with Gasteiger partial charge < -0.3 is 86.9 Å². The fraction of sp³-hybridized carbons (Fsp3) is 0.112. The highest BCUT2D eigenvalue weighted by Crippen LogP contribution is 2.29. The number of para-hydroxylation sites is 4. The number of phenolic OH excluding ortho intramolecular Hbond substituents is 1. The van der Waals surface area contributed by atoms with Gasteiger partial charge in [0.1, 0.15) is 51.7 Å². The van der Waals surface area contributed by atoms with Gasteiger partial charge >= 0.3 is 65.7 Å². The number of nitrogen functional groups attached to an aromatic ring is 1. The second-order valence-electron chi connectivity index (χ2n) is 28.9. The van der Waals surface area contributed by atoms with Crippen LogP contribution in [-0.4, -0.2) is 146 Å². The van der Waals surface area contributed by atoms with Crippen LogP contribution in [-0.2, 0) is 83.3 Å². The molecule has 0 heterocycles. The summed E-state index contributed by atoms with van der Waals surface area (Å²) in [5, 5.41) is 115. The summed E-state index contributed by atoms with van der Waals surface area (Å²) in [6.45, 7) is 4.21. The van der Waals surface area contributed by atoms with Crippen LogP contribution in [0.4, 0.5) is 47.8 Å². The molecule has 0 radical (unpaired) electrons. The first-order valence-electron chi connectivity index (χ1n) is 41.9. The van der Waals surface area contributed by atoms with E-state index in [0.29, 0.717) is 35.0 Å². The second-order valence-corrected chi connectivity index (χ2v) is 28.9. The molecular formula is C107H97F7N2O26. The minimum Gasteiger partial charge on any atom is -0.508 e. The Morgan fingerprint density at radius 1 is 0.345 bits per heavy atom. The summed E-state index contributed by atoms with van der Waals surface area (Å²) in [5.74, 6) is -23.0. The van der Waals surface area contributed by atoms with Crippen molar-refractivity contribution in [3.8, 4) is 34.1 Å². The number of hydrogen-bond donors (Lipinski definition) is 15. The van der Waals surface area contributed by atoms with Crippen LogP contribution in [0.1, 0.15) is 99.6 Å². The van der Waals surface area contributed by atoms with Crippen LogP contribution in [0.15, 0.2) is 334 Å². The van der Waals surface area contributed by atoms with E-state index in [1.807, 2.05) is 184 Å². The lowest BCUT2D eigenvalue weighted by atomic mass is 9.92. The molecule has 0 saturated heterocycles. The van der Waals surface area contributed by atoms with Crippen LogP contribution in [0.2, 0.25) is 0 Å². The highest BCUT2D eigenvalue weighted by Gasteiger charge is 2.27. The molecule has 35 heteroatoms. The molecule has 142 heavy (non-hydrogen) atoms. The Bertz CT molecular complexity index is 6340. The molecule has 0 fully saturated rings. The van der Waals surface area contributed by atoms with Crippen LogP contribution in [0.3, 0.4) is 0 Å². The van der Waals surface area contributed by atoms with E-state index >= 15 is 0 Å². The van der Waals surface area contributed by atoms with Gasteiger partial charge in [-0.15, -0.1) is 0 Å². The van der Waals surface area contributed by atoms with Crippen molar-refractivity contribution >= 4 is 82.7 Å². The topological polar surface area (TPSA) is 507 Å². The van der Waals surface area contributed by atoms with Gasteiger partial charge in [-0.1, -0.05) is 237 Å². The molecule has 0 aliphatic heterocycles. The van der Waals surface area contributed by atoms with Crippen molar-refractivity contribution in [2.45, 2.75) is 64.7 Å². The first-order chi connectivity index (χ1) is 67.5. The number of ether oxygens (including phenoxy) is 2. The molecule has 14 rings (SSSR count). The van der Waals surface area contributed by atoms with Crippen molar-refractivity contribution in [1.29, 1.82) is 0 Å². The molecule has 0 unspecified atom stereocenters. The Hall–Kier alpha value is -18.4. The minimum atomic E-state index is -2.31. The Morgan fingerprint density at radius 3 is 1.18 bits per heavy atom. The number of aliphatic carboxylic acids is 8. The van der Waals surface area contributed by atoms with Crippen molar-refractivity contribution in [3.05, 3.63) is 447 Å². The molecule has 16 N–H and O–H groups in total. The Kier molecular flexibility index (Phi) is 50.8. The standard InChI is InChI=1S/2C14H12O2.C13H11NO2.2C9H10O3.C9H10O2.C8H3F5O2.C8H6F2O2.C8H9NO2.C8H8O3.C7H6O3/c15-14(16)13(11-7-3-1-4-8-11)12-9-5-2-6-10-12;15-14(16)10-12-8-4-5-9-13(12)11-6-2-1-3-7-11;15-13(16)11-8-4-5-9-12(11)14-10-6-2-1-3-7-10;1-12-8-4-2-3-7(5-8)6-9(10)11;1-2-12-8-6-4-3-5-7(8)9(10)11;1-7-4-2-3-5-8(7)6-9(10)11;9-4-2(1-3(14)15)5(10)7(12)8(13)6(4)11;9-6-2-1-3-7(10)5(6)4-8(11)12;2*9-7-3-1-2-6(4-7)5-8(10)11;8-6-4-2-1-3-5(6)7(9)10/h1-10,13H,(H,15,16);1-9H,10H2,(H,15,16);1-9,14H,(H,15,16);2-5H,6H2,1H3,(H,10,11);3-6H,2H2,1H3,(H,10,11);2-5H,6H2,1H3,(H,10,11);1H2,(H,14,15);1-3H,4H2,(H,11,12);1-4H,5,9H2,(H,10,11);1-4,9H,5H2,(H,10,11);1-4,8H,(H,9,10). The van der Waals surface area contributed by atoms with E-state index in [9.17, 15) is 88.6 Å². The molecule has 14 aromatic carbocycles. The van der Waals surface area contributed by atoms with E-state index in [4.69, 9.17) is 76.5 Å². The number of carboxylic acids is 11. The SMILES string of the molecule is CCOc1ccccc1C(=O)O.COc1cccc(CC(=O)O)c1.Cc1ccccc1CC(=O)O.Nc1cccc(CC(=O)O)c1.O=C(O)C(c1ccccc1)c1ccccc1.O=C(O)Cc1c(F)c(F)c(F)c(F)c1F.O=C(O)Cc1c(F)cccc1F.O=C(O)Cc1cccc(O)c1.O=C(O)Cc1ccccc1-c1ccccc1.O=C(O)c1ccccc1Nc1ccccc1.O=C(O)c1ccccc1O. The molecule has 0 bridgehead atoms. The molecule has 28 nitrogen and oxygen atoms in total. The molecule has 0 aliphatic carbocycles. The van der Waals surface area contributed by atoms with E-state index in [2.05, 4.69) is 5.32 Å². The third-order valence-corrected chi connectivity index (χ3v) is 18.4. The number of rotatable bonds is 26. The number of phenols is 2. The number of hydrogen-bond acceptors (Lipinski definition) is 17. The minimum absolute atomic E-state index is 0.0328.